The summed E-state index contributed by atoms with van der Waals surface area (Å²) in [6.07, 6.45) is 7.11. The van der Waals surface area contributed by atoms with Crippen LogP contribution in [0.3, 0.4) is 0 Å². The molecular weight excluding hydrogens is 463 g/mol. The van der Waals surface area contributed by atoms with E-state index >= 15 is 0 Å². The van der Waals surface area contributed by atoms with E-state index in [9.17, 15) is 5.11 Å². The Morgan fingerprint density at radius 1 is 1.14 bits per heavy atom. The van der Waals surface area contributed by atoms with Crippen molar-refractivity contribution >= 4 is 29.9 Å². The van der Waals surface area contributed by atoms with Crippen LogP contribution in [0.4, 0.5) is 0 Å². The lowest BCUT2D eigenvalue weighted by atomic mass is 9.72. The third-order valence-electron chi connectivity index (χ3n) is 5.55. The highest BCUT2D eigenvalue weighted by Crippen LogP contribution is 2.39. The first kappa shape index (κ1) is 25.2. The van der Waals surface area contributed by atoms with Crippen molar-refractivity contribution < 1.29 is 5.11 Å². The number of halogens is 1. The van der Waals surface area contributed by atoms with Gasteiger partial charge in [0.25, 0.3) is 0 Å². The zero-order valence-corrected chi connectivity index (χ0v) is 20.0. The number of aliphatic hydroxyl groups excluding tert-OH is 1. The quantitative estimate of drug-likeness (QED) is 0.260. The largest absolute Gasteiger partial charge is 0.396 e. The van der Waals surface area contributed by atoms with Crippen LogP contribution in [0.5, 0.6) is 0 Å². The zero-order chi connectivity index (χ0) is 19.4. The van der Waals surface area contributed by atoms with E-state index in [1.165, 1.54) is 37.7 Å². The van der Waals surface area contributed by atoms with Gasteiger partial charge < -0.3 is 20.6 Å². The first-order valence-corrected chi connectivity index (χ1v) is 10.5. The van der Waals surface area contributed by atoms with Crippen LogP contribution in [0.1, 0.15) is 51.0 Å². The van der Waals surface area contributed by atoms with E-state index in [-0.39, 0.29) is 36.0 Å². The molecule has 0 bridgehead atoms. The van der Waals surface area contributed by atoms with Gasteiger partial charge in [-0.05, 0) is 44.2 Å². The average Bonchev–Trinajstić information content (AvgIpc) is 2.68. The molecule has 1 fully saturated rings. The number of rotatable bonds is 10. The lowest BCUT2D eigenvalue weighted by Crippen LogP contribution is -2.42. The summed E-state index contributed by atoms with van der Waals surface area (Å²) >= 11 is 0. The summed E-state index contributed by atoms with van der Waals surface area (Å²) in [5, 5.41) is 16.3. The van der Waals surface area contributed by atoms with Crippen molar-refractivity contribution in [3.63, 3.8) is 0 Å². The van der Waals surface area contributed by atoms with Gasteiger partial charge >= 0.3 is 0 Å². The van der Waals surface area contributed by atoms with Crippen LogP contribution in [0.2, 0.25) is 0 Å². The number of aliphatic hydroxyl groups is 1. The Hall–Kier alpha value is -0.860. The molecule has 0 aromatic heterocycles. The molecule has 1 aromatic carbocycles. The van der Waals surface area contributed by atoms with Gasteiger partial charge in [0.1, 0.15) is 0 Å². The molecule has 3 N–H and O–H groups in total. The number of nitrogens with one attached hydrogen (secondary N) is 2. The highest BCUT2D eigenvalue weighted by atomic mass is 127. The van der Waals surface area contributed by atoms with Crippen LogP contribution >= 0.6 is 24.0 Å². The molecule has 0 radical (unpaired) electrons. The fourth-order valence-electron chi connectivity index (χ4n) is 3.95. The maximum absolute atomic E-state index is 9.49. The molecule has 0 unspecified atom stereocenters. The van der Waals surface area contributed by atoms with Gasteiger partial charge in [0.05, 0.1) is 0 Å². The van der Waals surface area contributed by atoms with Gasteiger partial charge in [-0.3, -0.25) is 4.99 Å². The summed E-state index contributed by atoms with van der Waals surface area (Å²) in [5.74, 6) is 0.897. The standard InChI is InChI=1S/C22H38N4O.HI/c1-3-23-21(25-19-22(14-17-27)12-8-5-9-13-22)24-15-16-26(2)18-20-10-6-4-7-11-20;/h4,6-7,10-11,27H,3,5,8-9,12-19H2,1-2H3,(H2,23,24,25);1H. The normalized spacial score (nSPS) is 16.5. The number of hydrogen-bond donors (Lipinski definition) is 3. The molecule has 28 heavy (non-hydrogen) atoms. The van der Waals surface area contributed by atoms with Crippen LogP contribution in [-0.2, 0) is 6.54 Å². The second-order valence-electron chi connectivity index (χ2n) is 7.88. The third kappa shape index (κ3) is 9.09. The monoisotopic (exact) mass is 502 g/mol. The maximum Gasteiger partial charge on any atom is 0.191 e. The lowest BCUT2D eigenvalue weighted by Gasteiger charge is -2.35. The number of hydrogen-bond acceptors (Lipinski definition) is 3. The Bertz CT molecular complexity index is 541. The molecule has 0 heterocycles. The zero-order valence-electron chi connectivity index (χ0n) is 17.6. The fraction of sp³-hybridized carbons (Fsp3) is 0.682. The summed E-state index contributed by atoms with van der Waals surface area (Å²) in [6, 6.07) is 10.6. The number of likely N-dealkylation sites (N-methyl/N-ethyl adjacent to an activating group) is 1. The summed E-state index contributed by atoms with van der Waals surface area (Å²) in [4.78, 5) is 7.19. The van der Waals surface area contributed by atoms with Gasteiger partial charge in [-0.25, -0.2) is 0 Å². The van der Waals surface area contributed by atoms with E-state index in [0.717, 1.165) is 45.1 Å². The molecule has 0 atom stereocenters. The minimum Gasteiger partial charge on any atom is -0.396 e. The second-order valence-corrected chi connectivity index (χ2v) is 7.88. The Kier molecular flexibility index (Phi) is 12.7. The smallest absolute Gasteiger partial charge is 0.191 e. The predicted molar refractivity (Wildman–Crippen MR) is 129 cm³/mol. The first-order valence-electron chi connectivity index (χ1n) is 10.5. The fourth-order valence-corrected chi connectivity index (χ4v) is 3.95. The topological polar surface area (TPSA) is 59.9 Å². The van der Waals surface area contributed by atoms with Crippen molar-refractivity contribution in [3.05, 3.63) is 35.9 Å². The van der Waals surface area contributed by atoms with Crippen molar-refractivity contribution in [2.45, 2.75) is 52.0 Å². The molecular formula is C22H39IN4O. The van der Waals surface area contributed by atoms with Crippen molar-refractivity contribution in [2.75, 3.05) is 39.8 Å². The molecule has 5 nitrogen and oxygen atoms in total. The van der Waals surface area contributed by atoms with Crippen LogP contribution in [0.15, 0.2) is 35.3 Å². The molecule has 1 aliphatic carbocycles. The summed E-state index contributed by atoms with van der Waals surface area (Å²) in [5.41, 5.74) is 1.53. The summed E-state index contributed by atoms with van der Waals surface area (Å²) < 4.78 is 0. The van der Waals surface area contributed by atoms with Crippen molar-refractivity contribution in [1.82, 2.24) is 15.5 Å². The van der Waals surface area contributed by atoms with Crippen LogP contribution in [0, 0.1) is 5.41 Å². The Morgan fingerprint density at radius 3 is 2.50 bits per heavy atom. The van der Waals surface area contributed by atoms with Gasteiger partial charge in [0, 0.05) is 39.3 Å². The Labute approximate surface area is 188 Å². The summed E-state index contributed by atoms with van der Waals surface area (Å²) in [6.45, 7) is 6.81. The molecule has 1 saturated carbocycles. The second kappa shape index (κ2) is 14.2. The molecule has 0 saturated heterocycles. The van der Waals surface area contributed by atoms with Crippen molar-refractivity contribution in [3.8, 4) is 0 Å². The van der Waals surface area contributed by atoms with E-state index in [4.69, 9.17) is 4.99 Å². The molecule has 1 aliphatic rings. The maximum atomic E-state index is 9.49. The predicted octanol–water partition coefficient (Wildman–Crippen LogP) is 3.62. The van der Waals surface area contributed by atoms with E-state index in [0.29, 0.717) is 0 Å². The van der Waals surface area contributed by atoms with Gasteiger partial charge in [0.15, 0.2) is 5.96 Å². The third-order valence-corrected chi connectivity index (χ3v) is 5.55. The van der Waals surface area contributed by atoms with Gasteiger partial charge in [-0.1, -0.05) is 49.6 Å². The minimum atomic E-state index is 0. The number of nitrogens with zero attached hydrogens (tertiary/aromatic N) is 2. The minimum absolute atomic E-state index is 0. The highest BCUT2D eigenvalue weighted by Gasteiger charge is 2.31. The van der Waals surface area contributed by atoms with E-state index in [1.807, 2.05) is 0 Å². The molecule has 1 aromatic rings. The molecule has 160 valence electrons. The van der Waals surface area contributed by atoms with Gasteiger partial charge in [-0.15, -0.1) is 24.0 Å². The number of guanidine groups is 1. The molecule has 6 heteroatoms. The molecule has 0 spiro atoms. The van der Waals surface area contributed by atoms with Crippen LogP contribution < -0.4 is 10.6 Å². The Balaban J connectivity index is 0.00000392. The van der Waals surface area contributed by atoms with E-state index in [1.54, 1.807) is 0 Å². The van der Waals surface area contributed by atoms with Crippen molar-refractivity contribution in [2.24, 2.45) is 10.4 Å². The number of benzene rings is 1. The number of aliphatic imine (C=N–C) groups is 1. The lowest BCUT2D eigenvalue weighted by molar-refractivity contribution is 0.137. The molecule has 0 aliphatic heterocycles. The molecule has 0 amide bonds. The first-order chi connectivity index (χ1) is 13.2. The van der Waals surface area contributed by atoms with Gasteiger partial charge in [-0.2, -0.15) is 0 Å². The van der Waals surface area contributed by atoms with Gasteiger partial charge in [0.2, 0.25) is 0 Å². The summed E-state index contributed by atoms with van der Waals surface area (Å²) in [7, 11) is 2.15. The van der Waals surface area contributed by atoms with Crippen molar-refractivity contribution in [1.29, 1.82) is 0 Å². The SMILES string of the molecule is CCNC(=NCC1(CCO)CCCCC1)NCCN(C)Cc1ccccc1.I. The van der Waals surface area contributed by atoms with Crippen LogP contribution in [-0.4, -0.2) is 55.8 Å². The average molecular weight is 502 g/mol. The Morgan fingerprint density at radius 2 is 1.86 bits per heavy atom. The van der Waals surface area contributed by atoms with E-state index in [2.05, 4.69) is 59.8 Å². The van der Waals surface area contributed by atoms with Crippen LogP contribution in [0.25, 0.3) is 0 Å². The molecule has 2 rings (SSSR count). The highest BCUT2D eigenvalue weighted by molar-refractivity contribution is 14.0. The van der Waals surface area contributed by atoms with E-state index < -0.39 is 0 Å².